The number of ether oxygens (including phenoxy) is 2. The zero-order valence-corrected chi connectivity index (χ0v) is 12.5. The molecule has 0 aromatic heterocycles. The average molecular weight is 306 g/mol. The van der Waals surface area contributed by atoms with Crippen molar-refractivity contribution in [1.29, 1.82) is 0 Å². The Bertz CT molecular complexity index is 531. The van der Waals surface area contributed by atoms with Gasteiger partial charge in [-0.15, -0.1) is 0 Å². The highest BCUT2D eigenvalue weighted by Crippen LogP contribution is 2.36. The van der Waals surface area contributed by atoms with E-state index >= 15 is 0 Å². The summed E-state index contributed by atoms with van der Waals surface area (Å²) in [5.41, 5.74) is -0.352. The molecule has 3 N–H and O–H groups in total. The molecule has 6 heteroatoms. The van der Waals surface area contributed by atoms with E-state index in [0.717, 1.165) is 18.4 Å². The second kappa shape index (κ2) is 6.54. The summed E-state index contributed by atoms with van der Waals surface area (Å²) in [5.74, 6) is 0.683. The number of benzene rings is 1. The van der Waals surface area contributed by atoms with Crippen LogP contribution in [-0.2, 0) is 10.3 Å². The Kier molecular flexibility index (Phi) is 4.49. The number of nitrogens with one attached hydrogen (secondary N) is 2. The third-order valence-corrected chi connectivity index (χ3v) is 4.26. The fraction of sp³-hybridized carbons (Fsp3) is 0.562. The molecule has 1 aromatic rings. The molecule has 1 atom stereocenters. The van der Waals surface area contributed by atoms with Gasteiger partial charge in [0.1, 0.15) is 11.4 Å². The molecule has 0 bridgehead atoms. The van der Waals surface area contributed by atoms with E-state index in [4.69, 9.17) is 9.47 Å². The Labute approximate surface area is 129 Å². The molecule has 22 heavy (non-hydrogen) atoms. The molecule has 3 rings (SSSR count). The van der Waals surface area contributed by atoms with Crippen molar-refractivity contribution < 1.29 is 19.4 Å². The number of urea groups is 1. The lowest BCUT2D eigenvalue weighted by atomic mass is 9.88. The molecular formula is C16H22N2O4. The molecule has 2 amide bonds. The topological polar surface area (TPSA) is 79.8 Å². The van der Waals surface area contributed by atoms with E-state index in [1.807, 2.05) is 24.3 Å². The molecule has 0 saturated carbocycles. The summed E-state index contributed by atoms with van der Waals surface area (Å²) in [7, 11) is 0. The Hall–Kier alpha value is -1.79. The number of hydrogen-bond acceptors (Lipinski definition) is 4. The SMILES string of the molecule is O=C(NC[C@]1(O)CCOc2ccccc21)NC1CCOCC1. The first kappa shape index (κ1) is 15.1. The van der Waals surface area contributed by atoms with Crippen LogP contribution in [0.25, 0.3) is 0 Å². The zero-order chi connectivity index (χ0) is 15.4. The molecular weight excluding hydrogens is 284 g/mol. The van der Waals surface area contributed by atoms with Gasteiger partial charge >= 0.3 is 6.03 Å². The second-order valence-corrected chi connectivity index (χ2v) is 5.84. The van der Waals surface area contributed by atoms with Gasteiger partial charge in [-0.05, 0) is 18.9 Å². The predicted molar refractivity (Wildman–Crippen MR) is 80.8 cm³/mol. The Balaban J connectivity index is 1.57. The van der Waals surface area contributed by atoms with E-state index < -0.39 is 5.60 Å². The molecule has 1 fully saturated rings. The lowest BCUT2D eigenvalue weighted by Crippen LogP contribution is -2.49. The highest BCUT2D eigenvalue weighted by molar-refractivity contribution is 5.74. The smallest absolute Gasteiger partial charge is 0.315 e. The van der Waals surface area contributed by atoms with Crippen molar-refractivity contribution >= 4 is 6.03 Å². The van der Waals surface area contributed by atoms with Crippen molar-refractivity contribution in [1.82, 2.24) is 10.6 Å². The molecule has 0 radical (unpaired) electrons. The summed E-state index contributed by atoms with van der Waals surface area (Å²) in [5, 5.41) is 16.5. The summed E-state index contributed by atoms with van der Waals surface area (Å²) in [6.07, 6.45) is 2.12. The lowest BCUT2D eigenvalue weighted by molar-refractivity contribution is -0.000177. The molecule has 2 aliphatic heterocycles. The molecule has 1 aromatic carbocycles. The first-order valence-electron chi connectivity index (χ1n) is 7.74. The van der Waals surface area contributed by atoms with Crippen LogP contribution in [0.15, 0.2) is 24.3 Å². The van der Waals surface area contributed by atoms with Gasteiger partial charge in [0.25, 0.3) is 0 Å². The van der Waals surface area contributed by atoms with Crippen LogP contribution in [0.5, 0.6) is 5.75 Å². The number of carbonyl (C=O) groups excluding carboxylic acids is 1. The molecule has 2 aliphatic rings. The molecule has 0 aliphatic carbocycles. The van der Waals surface area contributed by atoms with Crippen LogP contribution in [0, 0.1) is 0 Å². The Morgan fingerprint density at radius 3 is 2.86 bits per heavy atom. The summed E-state index contributed by atoms with van der Waals surface area (Å²) >= 11 is 0. The summed E-state index contributed by atoms with van der Waals surface area (Å²) in [6.45, 7) is 1.97. The van der Waals surface area contributed by atoms with Gasteiger partial charge in [0.15, 0.2) is 0 Å². The normalized spacial score (nSPS) is 25.0. The predicted octanol–water partition coefficient (Wildman–Crippen LogP) is 1.13. The van der Waals surface area contributed by atoms with E-state index in [1.165, 1.54) is 0 Å². The minimum Gasteiger partial charge on any atom is -0.493 e. The van der Waals surface area contributed by atoms with Gasteiger partial charge in [0.2, 0.25) is 0 Å². The number of rotatable bonds is 3. The lowest BCUT2D eigenvalue weighted by Gasteiger charge is -2.34. The van der Waals surface area contributed by atoms with E-state index in [0.29, 0.717) is 32.0 Å². The van der Waals surface area contributed by atoms with Gasteiger partial charge in [-0.25, -0.2) is 4.79 Å². The third kappa shape index (κ3) is 3.34. The quantitative estimate of drug-likeness (QED) is 0.782. The van der Waals surface area contributed by atoms with E-state index in [1.54, 1.807) is 0 Å². The summed E-state index contributed by atoms with van der Waals surface area (Å²) in [6, 6.07) is 7.31. The third-order valence-electron chi connectivity index (χ3n) is 4.26. The first-order valence-corrected chi connectivity index (χ1v) is 7.74. The largest absolute Gasteiger partial charge is 0.493 e. The van der Waals surface area contributed by atoms with Crippen LogP contribution in [-0.4, -0.2) is 43.5 Å². The number of carbonyl (C=O) groups is 1. The minimum atomic E-state index is -1.08. The molecule has 1 saturated heterocycles. The van der Waals surface area contributed by atoms with Crippen molar-refractivity contribution in [2.24, 2.45) is 0 Å². The average Bonchev–Trinajstić information content (AvgIpc) is 2.55. The van der Waals surface area contributed by atoms with E-state index in [2.05, 4.69) is 10.6 Å². The van der Waals surface area contributed by atoms with Gasteiger partial charge < -0.3 is 25.2 Å². The van der Waals surface area contributed by atoms with E-state index in [9.17, 15) is 9.90 Å². The van der Waals surface area contributed by atoms with Gasteiger partial charge in [0.05, 0.1) is 13.2 Å². The maximum absolute atomic E-state index is 12.0. The summed E-state index contributed by atoms with van der Waals surface area (Å²) < 4.78 is 10.8. The molecule has 0 unspecified atom stereocenters. The van der Waals surface area contributed by atoms with Crippen molar-refractivity contribution in [2.75, 3.05) is 26.4 Å². The maximum Gasteiger partial charge on any atom is 0.315 e. The van der Waals surface area contributed by atoms with Gasteiger partial charge in [0, 0.05) is 31.2 Å². The fourth-order valence-corrected chi connectivity index (χ4v) is 2.93. The van der Waals surface area contributed by atoms with Crippen LogP contribution in [0.4, 0.5) is 4.79 Å². The van der Waals surface area contributed by atoms with Gasteiger partial charge in [-0.3, -0.25) is 0 Å². The van der Waals surface area contributed by atoms with Crippen LogP contribution in [0.2, 0.25) is 0 Å². The standard InChI is InChI=1S/C16H22N2O4/c19-15(18-12-5-8-21-9-6-12)17-11-16(20)7-10-22-14-4-2-1-3-13(14)16/h1-4,12,20H,5-11H2,(H2,17,18,19)/t16-/m1/s1. The Morgan fingerprint density at radius 2 is 2.05 bits per heavy atom. The van der Waals surface area contributed by atoms with Crippen LogP contribution in [0.1, 0.15) is 24.8 Å². The number of amides is 2. The van der Waals surface area contributed by atoms with Crippen molar-refractivity contribution in [3.05, 3.63) is 29.8 Å². The first-order chi connectivity index (χ1) is 10.7. The van der Waals surface area contributed by atoms with Crippen molar-refractivity contribution in [3.63, 3.8) is 0 Å². The molecule has 120 valence electrons. The van der Waals surface area contributed by atoms with Crippen LogP contribution >= 0.6 is 0 Å². The fourth-order valence-electron chi connectivity index (χ4n) is 2.93. The maximum atomic E-state index is 12.0. The van der Waals surface area contributed by atoms with Crippen molar-refractivity contribution in [2.45, 2.75) is 30.9 Å². The number of aliphatic hydroxyl groups is 1. The highest BCUT2D eigenvalue weighted by Gasteiger charge is 2.35. The van der Waals surface area contributed by atoms with Gasteiger partial charge in [-0.2, -0.15) is 0 Å². The molecule has 2 heterocycles. The molecule has 0 spiro atoms. The molecule has 6 nitrogen and oxygen atoms in total. The summed E-state index contributed by atoms with van der Waals surface area (Å²) in [4.78, 5) is 12.0. The van der Waals surface area contributed by atoms with Gasteiger partial charge in [-0.1, -0.05) is 18.2 Å². The Morgan fingerprint density at radius 1 is 1.27 bits per heavy atom. The number of hydrogen-bond donors (Lipinski definition) is 3. The van der Waals surface area contributed by atoms with E-state index in [-0.39, 0.29) is 18.6 Å². The van der Waals surface area contributed by atoms with Crippen LogP contribution in [0.3, 0.4) is 0 Å². The number of fused-ring (bicyclic) bond motifs is 1. The second-order valence-electron chi connectivity index (χ2n) is 5.84. The minimum absolute atomic E-state index is 0.144. The number of para-hydroxylation sites is 1. The monoisotopic (exact) mass is 306 g/mol. The zero-order valence-electron chi connectivity index (χ0n) is 12.5. The van der Waals surface area contributed by atoms with Crippen molar-refractivity contribution in [3.8, 4) is 5.75 Å². The highest BCUT2D eigenvalue weighted by atomic mass is 16.5. The van der Waals surface area contributed by atoms with Crippen LogP contribution < -0.4 is 15.4 Å².